The summed E-state index contributed by atoms with van der Waals surface area (Å²) < 4.78 is 7.65. The lowest BCUT2D eigenvalue weighted by atomic mass is 10.2. The number of ether oxygens (including phenoxy) is 1. The van der Waals surface area contributed by atoms with Gasteiger partial charge in [0, 0.05) is 11.9 Å². The van der Waals surface area contributed by atoms with Gasteiger partial charge in [0.25, 0.3) is 0 Å². The molecular weight excluding hydrogens is 346 g/mol. The molecule has 0 aliphatic carbocycles. The Hall–Kier alpha value is -3.68. The summed E-state index contributed by atoms with van der Waals surface area (Å²) in [5.74, 6) is 0.415. The average Bonchev–Trinajstić information content (AvgIpc) is 3.02. The van der Waals surface area contributed by atoms with Crippen LogP contribution < -0.4 is 15.7 Å². The second-order valence-electron chi connectivity index (χ2n) is 6.02. The fourth-order valence-corrected chi connectivity index (χ4v) is 2.88. The van der Waals surface area contributed by atoms with Gasteiger partial charge in [0.2, 0.25) is 5.91 Å². The number of nitrogens with one attached hydrogen (secondary N) is 1. The van der Waals surface area contributed by atoms with Gasteiger partial charge >= 0.3 is 5.69 Å². The fraction of sp³-hybridized carbons (Fsp3) is 0.158. The predicted octanol–water partition coefficient (Wildman–Crippen LogP) is 1.37. The van der Waals surface area contributed by atoms with Gasteiger partial charge in [-0.1, -0.05) is 24.3 Å². The molecule has 8 nitrogen and oxygen atoms in total. The SMILES string of the molecule is COc1cccc(CNC(=O)Cn2nc3c4ccccc4ncn3c2=O)c1. The van der Waals surface area contributed by atoms with E-state index in [1.165, 1.54) is 10.7 Å². The van der Waals surface area contributed by atoms with Crippen LogP contribution in [0, 0.1) is 0 Å². The summed E-state index contributed by atoms with van der Waals surface area (Å²) in [7, 11) is 1.59. The van der Waals surface area contributed by atoms with E-state index in [1.807, 2.05) is 48.5 Å². The molecule has 1 N–H and O–H groups in total. The van der Waals surface area contributed by atoms with Gasteiger partial charge in [-0.3, -0.25) is 4.79 Å². The smallest absolute Gasteiger partial charge is 0.352 e. The van der Waals surface area contributed by atoms with Crippen molar-refractivity contribution in [1.29, 1.82) is 0 Å². The Labute approximate surface area is 154 Å². The molecule has 136 valence electrons. The van der Waals surface area contributed by atoms with Crippen molar-refractivity contribution in [3.05, 3.63) is 70.9 Å². The number of hydrogen-bond acceptors (Lipinski definition) is 5. The maximum atomic E-state index is 12.5. The van der Waals surface area contributed by atoms with Crippen LogP contribution in [0.5, 0.6) is 5.75 Å². The molecule has 8 heteroatoms. The number of hydrogen-bond donors (Lipinski definition) is 1. The lowest BCUT2D eigenvalue weighted by Crippen LogP contribution is -2.32. The summed E-state index contributed by atoms with van der Waals surface area (Å²) in [6.45, 7) is 0.168. The Morgan fingerprint density at radius 2 is 2.04 bits per heavy atom. The Morgan fingerprint density at radius 1 is 1.19 bits per heavy atom. The Morgan fingerprint density at radius 3 is 2.89 bits per heavy atom. The molecule has 4 rings (SSSR count). The highest BCUT2D eigenvalue weighted by Gasteiger charge is 2.13. The van der Waals surface area contributed by atoms with E-state index < -0.39 is 5.69 Å². The summed E-state index contributed by atoms with van der Waals surface area (Å²) in [4.78, 5) is 29.0. The fourth-order valence-electron chi connectivity index (χ4n) is 2.88. The standard InChI is InChI=1S/C19H17N5O3/c1-27-14-6-4-5-13(9-14)10-20-17(25)11-24-19(26)23-12-21-16-8-3-2-7-15(16)18(23)22-24/h2-9,12H,10-11H2,1H3,(H,20,25). The number of carbonyl (C=O) groups excluding carboxylic acids is 1. The summed E-state index contributed by atoms with van der Waals surface area (Å²) in [6.07, 6.45) is 1.43. The predicted molar refractivity (Wildman–Crippen MR) is 99.6 cm³/mol. The number of nitrogens with zero attached hydrogens (tertiary/aromatic N) is 4. The van der Waals surface area contributed by atoms with Gasteiger partial charge in [-0.25, -0.2) is 18.9 Å². The van der Waals surface area contributed by atoms with Gasteiger partial charge in [-0.2, -0.15) is 0 Å². The molecule has 2 heterocycles. The van der Waals surface area contributed by atoms with E-state index in [0.29, 0.717) is 12.2 Å². The first-order chi connectivity index (χ1) is 13.2. The Balaban J connectivity index is 1.54. The second-order valence-corrected chi connectivity index (χ2v) is 6.02. The zero-order valence-corrected chi connectivity index (χ0v) is 14.6. The zero-order chi connectivity index (χ0) is 18.8. The van der Waals surface area contributed by atoms with Crippen LogP contribution in [-0.2, 0) is 17.9 Å². The maximum absolute atomic E-state index is 12.5. The maximum Gasteiger partial charge on any atom is 0.352 e. The third kappa shape index (κ3) is 3.24. The molecule has 0 saturated heterocycles. The van der Waals surface area contributed by atoms with E-state index in [4.69, 9.17) is 4.74 Å². The van der Waals surface area contributed by atoms with Crippen molar-refractivity contribution < 1.29 is 9.53 Å². The van der Waals surface area contributed by atoms with Crippen LogP contribution in [0.2, 0.25) is 0 Å². The first-order valence-corrected chi connectivity index (χ1v) is 8.38. The van der Waals surface area contributed by atoms with E-state index in [-0.39, 0.29) is 12.5 Å². The van der Waals surface area contributed by atoms with Crippen molar-refractivity contribution in [2.45, 2.75) is 13.1 Å². The number of aromatic nitrogens is 4. The summed E-state index contributed by atoms with van der Waals surface area (Å²) >= 11 is 0. The molecule has 0 spiro atoms. The van der Waals surface area contributed by atoms with Crippen molar-refractivity contribution in [3.8, 4) is 5.75 Å². The van der Waals surface area contributed by atoms with Gasteiger partial charge in [0.05, 0.1) is 12.6 Å². The minimum Gasteiger partial charge on any atom is -0.497 e. The highest BCUT2D eigenvalue weighted by molar-refractivity contribution is 5.90. The molecule has 0 aliphatic rings. The van der Waals surface area contributed by atoms with Crippen LogP contribution in [0.1, 0.15) is 5.56 Å². The van der Waals surface area contributed by atoms with Crippen LogP contribution in [0.15, 0.2) is 59.7 Å². The van der Waals surface area contributed by atoms with Gasteiger partial charge < -0.3 is 10.1 Å². The van der Waals surface area contributed by atoms with Crippen LogP contribution in [0.25, 0.3) is 16.6 Å². The number of para-hydroxylation sites is 1. The van der Waals surface area contributed by atoms with Crippen molar-refractivity contribution in [2.24, 2.45) is 0 Å². The molecule has 0 saturated carbocycles. The quantitative estimate of drug-likeness (QED) is 0.578. The molecule has 1 amide bonds. The zero-order valence-electron chi connectivity index (χ0n) is 14.6. The van der Waals surface area contributed by atoms with E-state index >= 15 is 0 Å². The number of rotatable bonds is 5. The highest BCUT2D eigenvalue weighted by Crippen LogP contribution is 2.14. The van der Waals surface area contributed by atoms with Crippen LogP contribution >= 0.6 is 0 Å². The third-order valence-electron chi connectivity index (χ3n) is 4.24. The first-order valence-electron chi connectivity index (χ1n) is 8.38. The molecule has 4 aromatic rings. The van der Waals surface area contributed by atoms with Crippen LogP contribution in [-0.4, -0.2) is 32.2 Å². The molecule has 0 unspecified atom stereocenters. The van der Waals surface area contributed by atoms with Crippen molar-refractivity contribution in [3.63, 3.8) is 0 Å². The number of amides is 1. The number of benzene rings is 2. The van der Waals surface area contributed by atoms with E-state index in [1.54, 1.807) is 7.11 Å². The number of fused-ring (bicyclic) bond motifs is 3. The highest BCUT2D eigenvalue weighted by atomic mass is 16.5. The number of carbonyl (C=O) groups is 1. The van der Waals surface area contributed by atoms with E-state index in [0.717, 1.165) is 26.9 Å². The molecule has 2 aromatic carbocycles. The second kappa shape index (κ2) is 6.91. The molecule has 0 radical (unpaired) electrons. The monoisotopic (exact) mass is 363 g/mol. The summed E-state index contributed by atoms with van der Waals surface area (Å²) in [6, 6.07) is 14.8. The summed E-state index contributed by atoms with van der Waals surface area (Å²) in [5, 5.41) is 7.85. The largest absolute Gasteiger partial charge is 0.497 e. The number of methoxy groups -OCH3 is 1. The van der Waals surface area contributed by atoms with Crippen molar-refractivity contribution >= 4 is 22.5 Å². The molecule has 2 aromatic heterocycles. The first kappa shape index (κ1) is 16.8. The molecule has 27 heavy (non-hydrogen) atoms. The van der Waals surface area contributed by atoms with Gasteiger partial charge in [0.1, 0.15) is 18.6 Å². The Kier molecular flexibility index (Phi) is 4.29. The van der Waals surface area contributed by atoms with Gasteiger partial charge in [-0.05, 0) is 29.8 Å². The van der Waals surface area contributed by atoms with Crippen molar-refractivity contribution in [1.82, 2.24) is 24.5 Å². The molecule has 0 fully saturated rings. The minimum absolute atomic E-state index is 0.168. The average molecular weight is 363 g/mol. The minimum atomic E-state index is -0.403. The van der Waals surface area contributed by atoms with Crippen LogP contribution in [0.3, 0.4) is 0 Å². The summed E-state index contributed by atoms with van der Waals surface area (Å²) in [5.41, 5.74) is 1.72. The lowest BCUT2D eigenvalue weighted by Gasteiger charge is -2.06. The lowest BCUT2D eigenvalue weighted by molar-refractivity contribution is -0.122. The molecule has 0 aliphatic heterocycles. The Bertz CT molecular complexity index is 1190. The molecule has 0 atom stereocenters. The van der Waals surface area contributed by atoms with Gasteiger partial charge in [0.15, 0.2) is 5.65 Å². The molecule has 0 bridgehead atoms. The van der Waals surface area contributed by atoms with E-state index in [2.05, 4.69) is 15.4 Å². The van der Waals surface area contributed by atoms with Crippen molar-refractivity contribution in [2.75, 3.05) is 7.11 Å². The van der Waals surface area contributed by atoms with E-state index in [9.17, 15) is 9.59 Å². The topological polar surface area (TPSA) is 90.5 Å². The molecular formula is C19H17N5O3. The normalized spacial score (nSPS) is 11.0. The third-order valence-corrected chi connectivity index (χ3v) is 4.24. The van der Waals surface area contributed by atoms with Crippen LogP contribution in [0.4, 0.5) is 0 Å². The van der Waals surface area contributed by atoms with Gasteiger partial charge in [-0.15, -0.1) is 5.10 Å².